The second kappa shape index (κ2) is 33.5. The van der Waals surface area contributed by atoms with Crippen LogP contribution in [0.5, 0.6) is 0 Å². The van der Waals surface area contributed by atoms with E-state index in [9.17, 15) is 0 Å². The molecule has 0 atom stereocenters. The van der Waals surface area contributed by atoms with E-state index in [2.05, 4.69) is 0 Å². The first kappa shape index (κ1) is 38.6. The van der Waals surface area contributed by atoms with Crippen molar-refractivity contribution in [3.8, 4) is 0 Å². The minimum absolute atomic E-state index is 0.0301. The molecule has 0 radical (unpaired) electrons. The van der Waals surface area contributed by atoms with Gasteiger partial charge in [-0.2, -0.15) is 8.42 Å². The fourth-order valence-electron chi connectivity index (χ4n) is 2.07. The fraction of sp³-hybridized carbons (Fsp3) is 1.00. The predicted molar refractivity (Wildman–Crippen MR) is 131 cm³/mol. The predicted octanol–water partition coefficient (Wildman–Crippen LogP) is -0.878. The molecule has 16 heteroatoms. The number of ether oxygens (including phenoxy) is 10. The van der Waals surface area contributed by atoms with Crippen LogP contribution < -0.4 is 0 Å². The summed E-state index contributed by atoms with van der Waals surface area (Å²) in [6.07, 6.45) is 0. The number of aliphatic hydroxyl groups excluding tert-OH is 1. The Bertz CT molecular complexity index is 472. The Labute approximate surface area is 220 Å². The van der Waals surface area contributed by atoms with Gasteiger partial charge in [0, 0.05) is 7.11 Å². The lowest BCUT2D eigenvalue weighted by atomic mass is 10.6. The molecule has 0 amide bonds. The zero-order valence-corrected chi connectivity index (χ0v) is 22.6. The van der Waals surface area contributed by atoms with Gasteiger partial charge in [-0.25, -0.2) is 0 Å². The van der Waals surface area contributed by atoms with Crippen LogP contribution in [0.25, 0.3) is 0 Å². The molecule has 15 nitrogen and oxygen atoms in total. The lowest BCUT2D eigenvalue weighted by Crippen LogP contribution is -2.15. The molecular formula is C21H46O15S. The van der Waals surface area contributed by atoms with Crippen molar-refractivity contribution in [2.24, 2.45) is 0 Å². The third-order valence-electron chi connectivity index (χ3n) is 3.64. The molecule has 0 saturated carbocycles. The van der Waals surface area contributed by atoms with E-state index in [0.717, 1.165) is 0 Å². The minimum Gasteiger partial charge on any atom is -0.394 e. The first-order valence-electron chi connectivity index (χ1n) is 11.9. The van der Waals surface area contributed by atoms with Crippen molar-refractivity contribution in [3.63, 3.8) is 0 Å². The molecule has 0 bridgehead atoms. The van der Waals surface area contributed by atoms with Crippen molar-refractivity contribution < 1.29 is 70.0 Å². The molecule has 0 aromatic carbocycles. The van der Waals surface area contributed by atoms with Crippen molar-refractivity contribution in [2.45, 2.75) is 0 Å². The molecule has 37 heavy (non-hydrogen) atoms. The molecule has 0 rings (SSSR count). The van der Waals surface area contributed by atoms with Crippen LogP contribution in [0.15, 0.2) is 0 Å². The molecule has 0 fully saturated rings. The van der Waals surface area contributed by atoms with E-state index in [-0.39, 0.29) is 6.61 Å². The lowest BCUT2D eigenvalue weighted by molar-refractivity contribution is -0.0263. The van der Waals surface area contributed by atoms with E-state index in [1.807, 2.05) is 0 Å². The van der Waals surface area contributed by atoms with Crippen LogP contribution in [0.1, 0.15) is 0 Å². The zero-order valence-electron chi connectivity index (χ0n) is 21.8. The van der Waals surface area contributed by atoms with Gasteiger partial charge in [-0.05, 0) is 0 Å². The van der Waals surface area contributed by atoms with E-state index in [1.165, 1.54) is 0 Å². The van der Waals surface area contributed by atoms with Gasteiger partial charge in [0.05, 0.1) is 132 Å². The summed E-state index contributed by atoms with van der Waals surface area (Å²) in [5.41, 5.74) is 0. The highest BCUT2D eigenvalue weighted by atomic mass is 32.3. The molecule has 0 aliphatic heterocycles. The van der Waals surface area contributed by atoms with E-state index >= 15 is 0 Å². The average Bonchev–Trinajstić information content (AvgIpc) is 2.85. The monoisotopic (exact) mass is 570 g/mol. The van der Waals surface area contributed by atoms with Crippen LogP contribution in [-0.4, -0.2) is 162 Å². The summed E-state index contributed by atoms with van der Waals surface area (Å²) in [6, 6.07) is 0. The Balaban J connectivity index is 0. The molecule has 0 aromatic rings. The van der Waals surface area contributed by atoms with Crippen molar-refractivity contribution in [2.75, 3.05) is 139 Å². The fourth-order valence-corrected chi connectivity index (χ4v) is 2.07. The van der Waals surface area contributed by atoms with Crippen LogP contribution in [-0.2, 0) is 57.8 Å². The largest absolute Gasteiger partial charge is 0.394 e. The van der Waals surface area contributed by atoms with Gasteiger partial charge in [0.25, 0.3) is 0 Å². The Kier molecular flexibility index (Phi) is 34.9. The Morgan fingerprint density at radius 1 is 0.405 bits per heavy atom. The second-order valence-electron chi connectivity index (χ2n) is 6.68. The number of hydrogen-bond donors (Lipinski definition) is 3. The Morgan fingerprint density at radius 3 is 0.730 bits per heavy atom. The zero-order chi connectivity index (χ0) is 27.7. The van der Waals surface area contributed by atoms with Crippen LogP contribution in [0.2, 0.25) is 0 Å². The van der Waals surface area contributed by atoms with Crippen LogP contribution >= 0.6 is 0 Å². The number of methoxy groups -OCH3 is 1. The standard InChI is InChI=1S/C21H44O11.H2O4S/c1-23-4-5-25-8-9-27-12-13-29-16-17-31-20-21-32-19-18-30-15-14-28-11-10-26-7-6-24-3-2-22;1-5(2,3)4/h22H,2-21H2,1H3;(H2,1,2,3,4). The third-order valence-corrected chi connectivity index (χ3v) is 3.64. The maximum atomic E-state index is 8.74. The molecule has 0 heterocycles. The molecular weight excluding hydrogens is 524 g/mol. The first-order valence-corrected chi connectivity index (χ1v) is 13.3. The summed E-state index contributed by atoms with van der Waals surface area (Å²) < 4.78 is 84.5. The molecule has 3 N–H and O–H groups in total. The van der Waals surface area contributed by atoms with Gasteiger partial charge >= 0.3 is 10.4 Å². The number of rotatable bonds is 29. The van der Waals surface area contributed by atoms with Gasteiger partial charge < -0.3 is 52.5 Å². The van der Waals surface area contributed by atoms with E-state index in [0.29, 0.717) is 126 Å². The molecule has 226 valence electrons. The summed E-state index contributed by atoms with van der Waals surface area (Å²) in [6.45, 7) is 9.89. The van der Waals surface area contributed by atoms with Crippen LogP contribution in [0.4, 0.5) is 0 Å². The minimum atomic E-state index is -4.67. The first-order chi connectivity index (χ1) is 17.9. The highest BCUT2D eigenvalue weighted by molar-refractivity contribution is 7.79. The highest BCUT2D eigenvalue weighted by Crippen LogP contribution is 1.86. The second-order valence-corrected chi connectivity index (χ2v) is 7.57. The molecule has 0 aliphatic carbocycles. The van der Waals surface area contributed by atoms with E-state index < -0.39 is 10.4 Å². The van der Waals surface area contributed by atoms with Crippen molar-refractivity contribution in [1.29, 1.82) is 0 Å². The third kappa shape index (κ3) is 49.0. The summed E-state index contributed by atoms with van der Waals surface area (Å²) in [5, 5.41) is 8.54. The average molecular weight is 571 g/mol. The van der Waals surface area contributed by atoms with Gasteiger partial charge in [0.15, 0.2) is 0 Å². The number of aliphatic hydroxyl groups is 1. The molecule has 0 spiro atoms. The highest BCUT2D eigenvalue weighted by Gasteiger charge is 1.95. The summed E-state index contributed by atoms with van der Waals surface area (Å²) in [7, 11) is -3.02. The summed E-state index contributed by atoms with van der Waals surface area (Å²) >= 11 is 0. The normalized spacial score (nSPS) is 11.5. The van der Waals surface area contributed by atoms with E-state index in [1.54, 1.807) is 7.11 Å². The summed E-state index contributed by atoms with van der Waals surface area (Å²) in [4.78, 5) is 0. The Hall–Kier alpha value is -0.570. The maximum Gasteiger partial charge on any atom is 0.394 e. The smallest absolute Gasteiger partial charge is 0.394 e. The van der Waals surface area contributed by atoms with Gasteiger partial charge in [-0.3, -0.25) is 9.11 Å². The molecule has 0 unspecified atom stereocenters. The Morgan fingerprint density at radius 2 is 0.568 bits per heavy atom. The SMILES string of the molecule is COCCOCCOCCOCCOCCOCCOCCOCCOCCOCCO.O=S(=O)(O)O. The van der Waals surface area contributed by atoms with Crippen molar-refractivity contribution >= 4 is 10.4 Å². The molecule has 0 saturated heterocycles. The maximum absolute atomic E-state index is 8.74. The van der Waals surface area contributed by atoms with Crippen LogP contribution in [0.3, 0.4) is 0 Å². The van der Waals surface area contributed by atoms with Gasteiger partial charge in [-0.1, -0.05) is 0 Å². The number of hydrogen-bond acceptors (Lipinski definition) is 13. The van der Waals surface area contributed by atoms with Gasteiger partial charge in [0.1, 0.15) is 0 Å². The summed E-state index contributed by atoms with van der Waals surface area (Å²) in [5.74, 6) is 0. The van der Waals surface area contributed by atoms with Gasteiger partial charge in [-0.15, -0.1) is 0 Å². The topological polar surface area (TPSA) is 187 Å². The van der Waals surface area contributed by atoms with Crippen LogP contribution in [0, 0.1) is 0 Å². The van der Waals surface area contributed by atoms with E-state index in [4.69, 9.17) is 70.0 Å². The van der Waals surface area contributed by atoms with Gasteiger partial charge in [0.2, 0.25) is 0 Å². The quantitative estimate of drug-likeness (QED) is 0.0742. The van der Waals surface area contributed by atoms with Crippen molar-refractivity contribution in [3.05, 3.63) is 0 Å². The molecule has 0 aromatic heterocycles. The molecule has 0 aliphatic rings. The lowest BCUT2D eigenvalue weighted by Gasteiger charge is -2.08. The van der Waals surface area contributed by atoms with Crippen molar-refractivity contribution in [1.82, 2.24) is 0 Å².